The molecule has 2 aliphatic rings. The molecule has 0 radical (unpaired) electrons. The molecule has 0 aromatic carbocycles. The van der Waals surface area contributed by atoms with Crippen molar-refractivity contribution in [2.24, 2.45) is 5.41 Å². The van der Waals surface area contributed by atoms with Gasteiger partial charge in [0.15, 0.2) is 5.82 Å². The van der Waals surface area contributed by atoms with Crippen molar-refractivity contribution in [3.8, 4) is 17.6 Å². The minimum Gasteiger partial charge on any atom is -0.494 e. The first kappa shape index (κ1) is 36.8. The van der Waals surface area contributed by atoms with Gasteiger partial charge in [0, 0.05) is 54.2 Å². The summed E-state index contributed by atoms with van der Waals surface area (Å²) in [5.74, 6) is -0.406. The van der Waals surface area contributed by atoms with Gasteiger partial charge in [-0.15, -0.1) is 0 Å². The zero-order chi connectivity index (χ0) is 36.4. The highest BCUT2D eigenvalue weighted by Gasteiger charge is 2.40. The number of allylic oxidation sites excluding steroid dienone is 2. The number of amides is 1. The summed E-state index contributed by atoms with van der Waals surface area (Å²) in [4.78, 5) is 42.9. The molecule has 0 bridgehead atoms. The highest BCUT2D eigenvalue weighted by Crippen LogP contribution is 2.56. The summed E-state index contributed by atoms with van der Waals surface area (Å²) in [6.45, 7) is 14.2. The maximum absolute atomic E-state index is 14.4. The van der Waals surface area contributed by atoms with Crippen molar-refractivity contribution >= 4 is 30.2 Å². The summed E-state index contributed by atoms with van der Waals surface area (Å²) >= 11 is 0. The molecule has 3 aromatic rings. The first-order chi connectivity index (χ1) is 23.5. The van der Waals surface area contributed by atoms with Gasteiger partial charge in [0.2, 0.25) is 7.37 Å². The molecule has 1 amide bonds. The Morgan fingerprint density at radius 2 is 1.80 bits per heavy atom. The Hall–Kier alpha value is -4.46. The first-order valence-electron chi connectivity index (χ1n) is 16.9. The topological polar surface area (TPSA) is 153 Å². The highest BCUT2D eigenvalue weighted by molar-refractivity contribution is 7.59. The minimum atomic E-state index is -3.16. The molecule has 4 heterocycles. The number of aryl methyl sites for hydroxylation is 1. The number of nitriles is 1. The molecule has 0 spiro atoms. The van der Waals surface area contributed by atoms with Crippen LogP contribution in [0.3, 0.4) is 0 Å². The number of ether oxygens (including phenoxy) is 1. The molecule has 1 fully saturated rings. The lowest BCUT2D eigenvalue weighted by atomic mass is 9.95. The fraction of sp³-hybridized carbons (Fsp3) is 0.486. The Labute approximate surface area is 294 Å². The molecule has 2 atom stereocenters. The van der Waals surface area contributed by atoms with Crippen molar-refractivity contribution in [2.75, 3.05) is 32.5 Å². The molecule has 1 saturated heterocycles. The fourth-order valence-corrected chi connectivity index (χ4v) is 10.2. The number of nitrogens with zero attached hydrogens (tertiary/aromatic N) is 7. The Morgan fingerprint density at radius 1 is 1.08 bits per heavy atom. The maximum atomic E-state index is 14.4. The number of ketones is 1. The number of fused-ring (bicyclic) bond motifs is 1. The smallest absolute Gasteiger partial charge is 0.294 e. The molecule has 13 heteroatoms. The molecule has 264 valence electrons. The second-order valence-electron chi connectivity index (χ2n) is 15.0. The number of aromatic nitrogens is 5. The summed E-state index contributed by atoms with van der Waals surface area (Å²) < 4.78 is 28.0. The molecule has 3 aromatic heterocycles. The predicted octanol–water partition coefficient (Wildman–Crippen LogP) is 6.55. The van der Waals surface area contributed by atoms with Gasteiger partial charge in [0.05, 0.1) is 30.2 Å². The number of likely N-dealkylation sites (tertiary alicyclic amines) is 1. The third kappa shape index (κ3) is 8.28. The van der Waals surface area contributed by atoms with Crippen LogP contribution in [0.4, 0.5) is 0 Å². The zero-order valence-corrected chi connectivity index (χ0v) is 31.1. The number of carbonyl (C=O) groups excluding carboxylic acids is 2. The number of piperidine rings is 1. The molecule has 5 rings (SSSR count). The van der Waals surface area contributed by atoms with E-state index in [0.717, 1.165) is 5.57 Å². The third-order valence-electron chi connectivity index (χ3n) is 8.53. The number of methoxy groups -OCH3 is 1. The van der Waals surface area contributed by atoms with Crippen LogP contribution in [0.5, 0.6) is 5.75 Å². The van der Waals surface area contributed by atoms with E-state index in [2.05, 4.69) is 26.1 Å². The number of Topliss-reactive ketones (excluding diaryl/α,β-unsaturated/α-hetero) is 1. The first-order valence-corrected chi connectivity index (χ1v) is 18.9. The average molecular weight is 700 g/mol. The molecule has 50 heavy (non-hydrogen) atoms. The molecule has 2 unspecified atom stereocenters. The van der Waals surface area contributed by atoms with Crippen LogP contribution in [0.15, 0.2) is 48.6 Å². The predicted molar refractivity (Wildman–Crippen MR) is 191 cm³/mol. The van der Waals surface area contributed by atoms with Crippen molar-refractivity contribution in [3.05, 3.63) is 71.2 Å². The van der Waals surface area contributed by atoms with E-state index in [1.165, 1.54) is 18.2 Å². The van der Waals surface area contributed by atoms with Crippen LogP contribution in [0.25, 0.3) is 17.0 Å². The highest BCUT2D eigenvalue weighted by atomic mass is 31.2. The summed E-state index contributed by atoms with van der Waals surface area (Å²) in [5.41, 5.74) is 2.47. The van der Waals surface area contributed by atoms with Gasteiger partial charge < -0.3 is 14.2 Å². The van der Waals surface area contributed by atoms with E-state index in [4.69, 9.17) is 9.26 Å². The van der Waals surface area contributed by atoms with Gasteiger partial charge in [0.25, 0.3) is 11.7 Å². The van der Waals surface area contributed by atoms with Crippen molar-refractivity contribution in [1.82, 2.24) is 29.6 Å². The van der Waals surface area contributed by atoms with Crippen molar-refractivity contribution in [2.45, 2.75) is 79.2 Å². The summed E-state index contributed by atoms with van der Waals surface area (Å²) in [6.07, 6.45) is 8.42. The number of hydrogen-bond acceptors (Lipinski definition) is 10. The Kier molecular flexibility index (Phi) is 10.6. The van der Waals surface area contributed by atoms with Crippen LogP contribution < -0.4 is 4.74 Å². The van der Waals surface area contributed by atoms with Gasteiger partial charge >= 0.3 is 0 Å². The van der Waals surface area contributed by atoms with Gasteiger partial charge in [-0.1, -0.05) is 32.9 Å². The Morgan fingerprint density at radius 3 is 2.36 bits per heavy atom. The number of hydrogen-bond donors (Lipinski definition) is 0. The van der Waals surface area contributed by atoms with Crippen molar-refractivity contribution < 1.29 is 23.4 Å². The lowest BCUT2D eigenvalue weighted by Crippen LogP contribution is -2.41. The summed E-state index contributed by atoms with van der Waals surface area (Å²) in [7, 11) is -1.66. The zero-order valence-electron chi connectivity index (χ0n) is 30.2. The van der Waals surface area contributed by atoms with Crippen LogP contribution >= 0.6 is 7.37 Å². The largest absolute Gasteiger partial charge is 0.494 e. The van der Waals surface area contributed by atoms with Gasteiger partial charge in [-0.05, 0) is 70.1 Å². The van der Waals surface area contributed by atoms with Crippen LogP contribution in [0.1, 0.15) is 89.4 Å². The molecular weight excluding hydrogens is 653 g/mol. The van der Waals surface area contributed by atoms with E-state index in [-0.39, 0.29) is 17.2 Å². The number of rotatable bonds is 10. The lowest BCUT2D eigenvalue weighted by molar-refractivity contribution is -0.142. The molecule has 1 aliphatic carbocycles. The second kappa shape index (κ2) is 14.4. The number of pyridine rings is 2. The van der Waals surface area contributed by atoms with Crippen LogP contribution in [0.2, 0.25) is 0 Å². The average Bonchev–Trinajstić information content (AvgIpc) is 3.66. The SMILES string of the molecule is COc1cnc(-n2cnc(C)n2)c2c1C(C(=O)C(=O)N1CCC(=C(C#N)c3ccccn3)CC1)=CC2CCP(=O)(CC(C)(C)C)OC(C)(C)C. The molecule has 12 nitrogen and oxygen atoms in total. The van der Waals surface area contributed by atoms with Gasteiger partial charge in [0.1, 0.15) is 24.0 Å². The van der Waals surface area contributed by atoms with Crippen molar-refractivity contribution in [1.29, 1.82) is 5.26 Å². The maximum Gasteiger partial charge on any atom is 0.294 e. The second-order valence-corrected chi connectivity index (χ2v) is 17.6. The Bertz CT molecular complexity index is 1900. The normalized spacial score (nSPS) is 17.4. The van der Waals surface area contributed by atoms with E-state index < -0.39 is 30.6 Å². The van der Waals surface area contributed by atoms with Crippen molar-refractivity contribution in [3.63, 3.8) is 0 Å². The monoisotopic (exact) mass is 699 g/mol. The van der Waals surface area contributed by atoms with Crippen LogP contribution in [-0.2, 0) is 18.7 Å². The summed E-state index contributed by atoms with van der Waals surface area (Å²) in [6, 6.07) is 7.69. The lowest BCUT2D eigenvalue weighted by Gasteiger charge is -2.32. The summed E-state index contributed by atoms with van der Waals surface area (Å²) in [5, 5.41) is 14.4. The molecule has 0 saturated carbocycles. The standard InChI is InChI=1S/C37H46N7O5P/c1-24-41-23-44(42-24)34-31-26(14-18-50(47,22-36(2,3)4)49-37(5,6)7)19-27(32(31)30(48-8)21-40-34)33(45)35(46)43-16-12-25(13-17-43)28(20-38)29-11-9-10-15-39-29/h9-11,15,19,21,23,26H,12-14,16-18,22H2,1-8H3. The Balaban J connectivity index is 1.49. The van der Waals surface area contributed by atoms with E-state index in [1.807, 2.05) is 47.6 Å². The van der Waals surface area contributed by atoms with Gasteiger partial charge in [-0.25, -0.2) is 14.6 Å². The number of carbonyl (C=O) groups is 2. The molecule has 0 N–H and O–H groups in total. The van der Waals surface area contributed by atoms with Gasteiger partial charge in [-0.2, -0.15) is 10.4 Å². The van der Waals surface area contributed by atoms with E-state index in [9.17, 15) is 19.4 Å². The quantitative estimate of drug-likeness (QED) is 0.129. The van der Waals surface area contributed by atoms with Gasteiger partial charge in [-0.3, -0.25) is 19.1 Å². The van der Waals surface area contributed by atoms with E-state index in [0.29, 0.717) is 78.3 Å². The molecular formula is C37H46N7O5P. The molecule has 1 aliphatic heterocycles. The fourth-order valence-electron chi connectivity index (χ4n) is 6.73. The minimum absolute atomic E-state index is 0.210. The van der Waals surface area contributed by atoms with E-state index >= 15 is 0 Å². The van der Waals surface area contributed by atoms with Crippen LogP contribution in [0, 0.1) is 23.7 Å². The van der Waals surface area contributed by atoms with Crippen LogP contribution in [-0.4, -0.2) is 79.4 Å². The third-order valence-corrected chi connectivity index (χ3v) is 11.8. The van der Waals surface area contributed by atoms with E-state index in [1.54, 1.807) is 42.3 Å².